The first kappa shape index (κ1) is 18.9. The number of nitrogens with one attached hydrogen (secondary N) is 1. The summed E-state index contributed by atoms with van der Waals surface area (Å²) in [6.45, 7) is 18.3. The fraction of sp³-hybridized carbons (Fsp3) is 1.00. The zero-order chi connectivity index (χ0) is 15.0. The van der Waals surface area contributed by atoms with E-state index in [1.807, 2.05) is 0 Å². The Morgan fingerprint density at radius 2 is 1.53 bits per heavy atom. The van der Waals surface area contributed by atoms with E-state index in [0.717, 1.165) is 32.1 Å². The highest BCUT2D eigenvalue weighted by Gasteiger charge is 2.24. The van der Waals surface area contributed by atoms with Gasteiger partial charge < -0.3 is 10.2 Å². The summed E-state index contributed by atoms with van der Waals surface area (Å²) in [6.07, 6.45) is 0. The van der Waals surface area contributed by atoms with Crippen LogP contribution in [0, 0.1) is 11.8 Å². The minimum atomic E-state index is 0.605. The molecule has 0 saturated carbocycles. The Balaban J connectivity index is 4.52. The average Bonchev–Trinajstić information content (AvgIpc) is 2.26. The second-order valence-corrected chi connectivity index (χ2v) is 6.81. The molecule has 0 heterocycles. The highest BCUT2D eigenvalue weighted by atomic mass is 15.2. The first-order chi connectivity index (χ1) is 8.79. The summed E-state index contributed by atoms with van der Waals surface area (Å²) in [7, 11) is 4.32. The van der Waals surface area contributed by atoms with E-state index in [0.29, 0.717) is 18.0 Å². The Hall–Kier alpha value is -0.120. The van der Waals surface area contributed by atoms with Crippen LogP contribution in [-0.2, 0) is 0 Å². The van der Waals surface area contributed by atoms with Crippen LogP contribution in [0.5, 0.6) is 0 Å². The van der Waals surface area contributed by atoms with E-state index < -0.39 is 0 Å². The van der Waals surface area contributed by atoms with Crippen molar-refractivity contribution in [2.45, 2.75) is 53.6 Å². The van der Waals surface area contributed by atoms with Gasteiger partial charge in [-0.2, -0.15) is 0 Å². The van der Waals surface area contributed by atoms with Gasteiger partial charge in [-0.25, -0.2) is 0 Å². The lowest BCUT2D eigenvalue weighted by Crippen LogP contribution is -2.52. The fourth-order valence-corrected chi connectivity index (χ4v) is 2.76. The van der Waals surface area contributed by atoms with Crippen LogP contribution in [0.3, 0.4) is 0 Å². The van der Waals surface area contributed by atoms with Gasteiger partial charge in [0.1, 0.15) is 0 Å². The molecule has 0 bridgehead atoms. The van der Waals surface area contributed by atoms with E-state index in [1.165, 1.54) is 0 Å². The van der Waals surface area contributed by atoms with Crippen molar-refractivity contribution in [3.8, 4) is 0 Å². The van der Waals surface area contributed by atoms with Gasteiger partial charge in [-0.3, -0.25) is 4.90 Å². The second kappa shape index (κ2) is 9.73. The lowest BCUT2D eigenvalue weighted by molar-refractivity contribution is 0.0971. The molecule has 2 atom stereocenters. The molecule has 0 aromatic heterocycles. The Kier molecular flexibility index (Phi) is 9.67. The minimum absolute atomic E-state index is 0.605. The smallest absolute Gasteiger partial charge is 0.0246 e. The van der Waals surface area contributed by atoms with E-state index in [1.54, 1.807) is 0 Å². The van der Waals surface area contributed by atoms with Crippen LogP contribution in [0.1, 0.15) is 41.5 Å². The zero-order valence-electron chi connectivity index (χ0n) is 14.5. The number of nitrogens with zero attached hydrogens (tertiary/aromatic N) is 2. The molecule has 0 radical (unpaired) electrons. The van der Waals surface area contributed by atoms with Crippen LogP contribution in [0.25, 0.3) is 0 Å². The molecule has 3 heteroatoms. The Morgan fingerprint density at radius 3 is 1.89 bits per heavy atom. The van der Waals surface area contributed by atoms with E-state index in [-0.39, 0.29) is 0 Å². The van der Waals surface area contributed by atoms with Crippen molar-refractivity contribution in [1.82, 2.24) is 15.1 Å². The number of likely N-dealkylation sites (N-methyl/N-ethyl adjacent to an activating group) is 2. The van der Waals surface area contributed by atoms with Crippen LogP contribution < -0.4 is 5.32 Å². The molecule has 0 aromatic carbocycles. The maximum atomic E-state index is 3.63. The normalized spacial score (nSPS) is 15.8. The molecule has 0 aliphatic rings. The summed E-state index contributed by atoms with van der Waals surface area (Å²) in [6, 6.07) is 1.23. The molecule has 0 aliphatic carbocycles. The molecule has 0 spiro atoms. The van der Waals surface area contributed by atoms with E-state index >= 15 is 0 Å². The van der Waals surface area contributed by atoms with Gasteiger partial charge in [-0.1, -0.05) is 34.6 Å². The molecule has 116 valence electrons. The summed E-state index contributed by atoms with van der Waals surface area (Å²) < 4.78 is 0. The number of rotatable bonds is 10. The maximum Gasteiger partial charge on any atom is 0.0246 e. The molecular weight excluding hydrogens is 234 g/mol. The topological polar surface area (TPSA) is 18.5 Å². The third-order valence-corrected chi connectivity index (χ3v) is 3.66. The molecule has 3 nitrogen and oxygen atoms in total. The molecule has 0 amide bonds. The quantitative estimate of drug-likeness (QED) is 0.659. The van der Waals surface area contributed by atoms with Gasteiger partial charge in [0.25, 0.3) is 0 Å². The van der Waals surface area contributed by atoms with E-state index in [9.17, 15) is 0 Å². The average molecular weight is 271 g/mol. The Morgan fingerprint density at radius 1 is 0.947 bits per heavy atom. The van der Waals surface area contributed by atoms with E-state index in [2.05, 4.69) is 70.8 Å². The largest absolute Gasteiger partial charge is 0.315 e. The third-order valence-electron chi connectivity index (χ3n) is 3.66. The van der Waals surface area contributed by atoms with Crippen LogP contribution in [0.15, 0.2) is 0 Å². The van der Waals surface area contributed by atoms with Crippen molar-refractivity contribution in [2.24, 2.45) is 11.8 Å². The molecule has 0 rings (SSSR count). The first-order valence-corrected chi connectivity index (χ1v) is 7.90. The second-order valence-electron chi connectivity index (χ2n) is 6.81. The molecular formula is C16H37N3. The predicted molar refractivity (Wildman–Crippen MR) is 86.7 cm³/mol. The van der Waals surface area contributed by atoms with Crippen molar-refractivity contribution in [3.05, 3.63) is 0 Å². The molecule has 0 saturated heterocycles. The Bertz CT molecular complexity index is 214. The lowest BCUT2D eigenvalue weighted by atomic mass is 10.00. The van der Waals surface area contributed by atoms with Gasteiger partial charge in [0.2, 0.25) is 0 Å². The van der Waals surface area contributed by atoms with Gasteiger partial charge in [0, 0.05) is 25.2 Å². The number of hydrogen-bond donors (Lipinski definition) is 1. The molecule has 2 unspecified atom stereocenters. The predicted octanol–water partition coefficient (Wildman–Crippen LogP) is 2.53. The summed E-state index contributed by atoms with van der Waals surface area (Å²) in [5, 5.41) is 3.63. The summed E-state index contributed by atoms with van der Waals surface area (Å²) in [4.78, 5) is 4.93. The van der Waals surface area contributed by atoms with Gasteiger partial charge in [0.15, 0.2) is 0 Å². The highest BCUT2D eigenvalue weighted by molar-refractivity contribution is 4.81. The highest BCUT2D eigenvalue weighted by Crippen LogP contribution is 2.14. The van der Waals surface area contributed by atoms with Crippen molar-refractivity contribution in [3.63, 3.8) is 0 Å². The van der Waals surface area contributed by atoms with Crippen molar-refractivity contribution >= 4 is 0 Å². The first-order valence-electron chi connectivity index (χ1n) is 7.90. The third kappa shape index (κ3) is 7.91. The van der Waals surface area contributed by atoms with Gasteiger partial charge >= 0.3 is 0 Å². The molecule has 0 aliphatic heterocycles. The fourth-order valence-electron chi connectivity index (χ4n) is 2.76. The molecule has 1 N–H and O–H groups in total. The van der Waals surface area contributed by atoms with Crippen molar-refractivity contribution < 1.29 is 0 Å². The summed E-state index contributed by atoms with van der Waals surface area (Å²) >= 11 is 0. The summed E-state index contributed by atoms with van der Waals surface area (Å²) in [5.74, 6) is 1.41. The molecule has 0 aromatic rings. The maximum absolute atomic E-state index is 3.63. The standard InChI is InChI=1S/C16H37N3/c1-9-19(15(6)12-18(7)8)16(14(4)5)11-17-10-13(2)3/h13-17H,9-12H2,1-8H3. The van der Waals surface area contributed by atoms with Crippen LogP contribution in [0.4, 0.5) is 0 Å². The molecule has 0 fully saturated rings. The SMILES string of the molecule is CCN(C(C)CN(C)C)C(CNCC(C)C)C(C)C. The summed E-state index contributed by atoms with van der Waals surface area (Å²) in [5.41, 5.74) is 0. The van der Waals surface area contributed by atoms with E-state index in [4.69, 9.17) is 0 Å². The minimum Gasteiger partial charge on any atom is -0.315 e. The van der Waals surface area contributed by atoms with Crippen molar-refractivity contribution in [2.75, 3.05) is 40.3 Å². The molecule has 19 heavy (non-hydrogen) atoms. The van der Waals surface area contributed by atoms with Gasteiger partial charge in [-0.05, 0) is 45.9 Å². The Labute approximate surface area is 121 Å². The van der Waals surface area contributed by atoms with Crippen LogP contribution in [-0.4, -0.2) is 62.2 Å². The number of hydrogen-bond acceptors (Lipinski definition) is 3. The van der Waals surface area contributed by atoms with Crippen molar-refractivity contribution in [1.29, 1.82) is 0 Å². The van der Waals surface area contributed by atoms with Gasteiger partial charge in [-0.15, -0.1) is 0 Å². The van der Waals surface area contributed by atoms with Crippen LogP contribution >= 0.6 is 0 Å². The monoisotopic (exact) mass is 271 g/mol. The zero-order valence-corrected chi connectivity index (χ0v) is 14.5. The van der Waals surface area contributed by atoms with Gasteiger partial charge in [0.05, 0.1) is 0 Å². The lowest BCUT2D eigenvalue weighted by Gasteiger charge is -2.39. The van der Waals surface area contributed by atoms with Crippen LogP contribution in [0.2, 0.25) is 0 Å².